The maximum atomic E-state index is 12.8. The van der Waals surface area contributed by atoms with E-state index < -0.39 is 17.0 Å². The number of hydrogen-bond acceptors (Lipinski definition) is 5. The van der Waals surface area contributed by atoms with Crippen LogP contribution in [0.15, 0.2) is 64.4 Å². The van der Waals surface area contributed by atoms with Gasteiger partial charge in [0.1, 0.15) is 0 Å². The Morgan fingerprint density at radius 1 is 1.07 bits per heavy atom. The van der Waals surface area contributed by atoms with Gasteiger partial charge in [0.25, 0.3) is 23.0 Å². The average molecular weight is 362 g/mol. The van der Waals surface area contributed by atoms with Gasteiger partial charge in [0, 0.05) is 24.0 Å². The van der Waals surface area contributed by atoms with Gasteiger partial charge in [-0.1, -0.05) is 18.2 Å². The smallest absolute Gasteiger partial charge is 0.283 e. The molecule has 0 fully saturated rings. The number of aromatic nitrogens is 5. The van der Waals surface area contributed by atoms with E-state index in [2.05, 4.69) is 20.5 Å². The third-order valence-corrected chi connectivity index (χ3v) is 4.11. The molecule has 3 aromatic heterocycles. The van der Waals surface area contributed by atoms with Crippen LogP contribution in [-0.4, -0.2) is 30.3 Å². The fourth-order valence-electron chi connectivity index (χ4n) is 2.82. The van der Waals surface area contributed by atoms with Gasteiger partial charge in [-0.05, 0) is 25.1 Å². The van der Waals surface area contributed by atoms with E-state index in [1.807, 2.05) is 0 Å². The SMILES string of the molecule is Cc1c2c(=O)n(-c3ncccn3)[nH]c2cc(=O)n1NC(=O)c1ccccc1. The summed E-state index contributed by atoms with van der Waals surface area (Å²) in [6.07, 6.45) is 3.01. The summed E-state index contributed by atoms with van der Waals surface area (Å²) < 4.78 is 2.21. The van der Waals surface area contributed by atoms with Crippen LogP contribution in [0.2, 0.25) is 0 Å². The Labute approximate surface area is 151 Å². The normalized spacial score (nSPS) is 10.9. The number of rotatable bonds is 3. The van der Waals surface area contributed by atoms with Crippen LogP contribution >= 0.6 is 0 Å². The first-order chi connectivity index (χ1) is 13.1. The average Bonchev–Trinajstić information content (AvgIpc) is 3.02. The van der Waals surface area contributed by atoms with Crippen LogP contribution in [0, 0.1) is 6.92 Å². The van der Waals surface area contributed by atoms with Crippen molar-refractivity contribution in [2.45, 2.75) is 6.92 Å². The molecule has 0 aliphatic heterocycles. The standard InChI is InChI=1S/C18H14N6O3/c1-11-15-13(21-24(17(15)27)18-19-8-5-9-20-18)10-14(25)23(11)22-16(26)12-6-3-2-4-7-12/h2-10,21H,1H3,(H,22,26). The van der Waals surface area contributed by atoms with Gasteiger partial charge in [-0.3, -0.25) is 24.9 Å². The lowest BCUT2D eigenvalue weighted by atomic mass is 10.2. The molecule has 27 heavy (non-hydrogen) atoms. The lowest BCUT2D eigenvalue weighted by molar-refractivity contribution is 0.101. The van der Waals surface area contributed by atoms with Gasteiger partial charge in [-0.2, -0.15) is 4.68 Å². The van der Waals surface area contributed by atoms with Gasteiger partial charge in [0.15, 0.2) is 0 Å². The van der Waals surface area contributed by atoms with Gasteiger partial charge in [0.2, 0.25) is 0 Å². The molecule has 0 bridgehead atoms. The second-order valence-corrected chi connectivity index (χ2v) is 5.80. The van der Waals surface area contributed by atoms with Crippen LogP contribution in [0.25, 0.3) is 16.9 Å². The summed E-state index contributed by atoms with van der Waals surface area (Å²) in [5.74, 6) is -0.298. The molecule has 1 aromatic carbocycles. The van der Waals surface area contributed by atoms with Crippen molar-refractivity contribution in [1.82, 2.24) is 24.4 Å². The zero-order valence-electron chi connectivity index (χ0n) is 14.2. The molecule has 0 radical (unpaired) electrons. The minimum atomic E-state index is -0.480. The number of H-pyrrole nitrogens is 1. The van der Waals surface area contributed by atoms with E-state index >= 15 is 0 Å². The molecule has 0 unspecified atom stereocenters. The molecule has 0 aliphatic carbocycles. The summed E-state index contributed by atoms with van der Waals surface area (Å²) in [5, 5.41) is 3.09. The number of hydrogen-bond donors (Lipinski definition) is 2. The van der Waals surface area contributed by atoms with Crippen LogP contribution in [-0.2, 0) is 0 Å². The third-order valence-electron chi connectivity index (χ3n) is 4.11. The Kier molecular flexibility index (Phi) is 3.88. The fourth-order valence-corrected chi connectivity index (χ4v) is 2.82. The summed E-state index contributed by atoms with van der Waals surface area (Å²) in [4.78, 5) is 45.7. The van der Waals surface area contributed by atoms with Gasteiger partial charge in [-0.15, -0.1) is 0 Å². The zero-order chi connectivity index (χ0) is 19.0. The molecule has 3 heterocycles. The summed E-state index contributed by atoms with van der Waals surface area (Å²) >= 11 is 0. The van der Waals surface area contributed by atoms with Crippen LogP contribution in [0.1, 0.15) is 16.1 Å². The zero-order valence-corrected chi connectivity index (χ0v) is 14.2. The van der Waals surface area contributed by atoms with E-state index in [1.165, 1.54) is 18.5 Å². The highest BCUT2D eigenvalue weighted by molar-refractivity contribution is 6.00. The summed E-state index contributed by atoms with van der Waals surface area (Å²) in [5.41, 5.74) is 2.67. The fraction of sp³-hybridized carbons (Fsp3) is 0.0556. The second kappa shape index (κ2) is 6.37. The number of aromatic amines is 1. The van der Waals surface area contributed by atoms with E-state index in [0.717, 1.165) is 9.36 Å². The van der Waals surface area contributed by atoms with Crippen LogP contribution < -0.4 is 16.5 Å². The van der Waals surface area contributed by atoms with E-state index in [1.54, 1.807) is 43.3 Å². The van der Waals surface area contributed by atoms with Crippen molar-refractivity contribution < 1.29 is 4.79 Å². The molecule has 2 N–H and O–H groups in total. The predicted octanol–water partition coefficient (Wildman–Crippen LogP) is 0.963. The highest BCUT2D eigenvalue weighted by Gasteiger charge is 2.17. The minimum absolute atomic E-state index is 0.158. The number of carbonyl (C=O) groups excluding carboxylic acids is 1. The number of pyridine rings is 1. The number of fused-ring (bicyclic) bond motifs is 1. The van der Waals surface area contributed by atoms with Crippen molar-refractivity contribution in [3.8, 4) is 5.95 Å². The summed E-state index contributed by atoms with van der Waals surface area (Å²) in [7, 11) is 0. The van der Waals surface area contributed by atoms with E-state index in [-0.39, 0.29) is 11.3 Å². The monoisotopic (exact) mass is 362 g/mol. The molecule has 4 rings (SSSR count). The Hall–Kier alpha value is -4.01. The van der Waals surface area contributed by atoms with Gasteiger partial charge in [-0.25, -0.2) is 14.6 Å². The summed E-state index contributed by atoms with van der Waals surface area (Å²) in [6.45, 7) is 1.58. The molecule has 4 aromatic rings. The maximum absolute atomic E-state index is 12.8. The molecule has 0 saturated carbocycles. The van der Waals surface area contributed by atoms with Crippen molar-refractivity contribution in [2.24, 2.45) is 0 Å². The van der Waals surface area contributed by atoms with Crippen molar-refractivity contribution >= 4 is 16.8 Å². The lowest BCUT2D eigenvalue weighted by Crippen LogP contribution is -2.34. The molecule has 0 aliphatic rings. The minimum Gasteiger partial charge on any atom is -0.287 e. The number of benzene rings is 1. The molecular formula is C18H14N6O3. The van der Waals surface area contributed by atoms with Crippen molar-refractivity contribution in [3.05, 3.63) is 86.8 Å². The molecule has 0 atom stereocenters. The first-order valence-electron chi connectivity index (χ1n) is 8.07. The largest absolute Gasteiger partial charge is 0.287 e. The van der Waals surface area contributed by atoms with Gasteiger partial charge in [0.05, 0.1) is 16.6 Å². The number of nitrogens with zero attached hydrogens (tertiary/aromatic N) is 4. The number of aryl methyl sites for hydroxylation is 1. The van der Waals surface area contributed by atoms with Crippen LogP contribution in [0.5, 0.6) is 0 Å². The van der Waals surface area contributed by atoms with E-state index in [4.69, 9.17) is 0 Å². The maximum Gasteiger partial charge on any atom is 0.283 e. The first-order valence-corrected chi connectivity index (χ1v) is 8.07. The third kappa shape index (κ3) is 2.80. The summed E-state index contributed by atoms with van der Waals surface area (Å²) in [6, 6.07) is 11.4. The lowest BCUT2D eigenvalue weighted by Gasteiger charge is -2.11. The van der Waals surface area contributed by atoms with E-state index in [0.29, 0.717) is 16.8 Å². The molecule has 0 spiro atoms. The number of carbonyl (C=O) groups is 1. The van der Waals surface area contributed by atoms with Crippen LogP contribution in [0.4, 0.5) is 0 Å². The predicted molar refractivity (Wildman–Crippen MR) is 98.6 cm³/mol. The van der Waals surface area contributed by atoms with Crippen molar-refractivity contribution in [1.29, 1.82) is 0 Å². The molecule has 0 saturated heterocycles. The molecule has 9 heteroatoms. The molecule has 9 nitrogen and oxygen atoms in total. The Bertz CT molecular complexity index is 1260. The number of nitrogens with one attached hydrogen (secondary N) is 2. The van der Waals surface area contributed by atoms with Crippen LogP contribution in [0.3, 0.4) is 0 Å². The second-order valence-electron chi connectivity index (χ2n) is 5.80. The van der Waals surface area contributed by atoms with E-state index in [9.17, 15) is 14.4 Å². The highest BCUT2D eigenvalue weighted by Crippen LogP contribution is 2.11. The van der Waals surface area contributed by atoms with Crippen molar-refractivity contribution in [3.63, 3.8) is 0 Å². The topological polar surface area (TPSA) is 115 Å². The highest BCUT2D eigenvalue weighted by atomic mass is 16.2. The Morgan fingerprint density at radius 3 is 2.48 bits per heavy atom. The molecular weight excluding hydrogens is 348 g/mol. The van der Waals surface area contributed by atoms with Crippen molar-refractivity contribution in [2.75, 3.05) is 5.43 Å². The quantitative estimate of drug-likeness (QED) is 0.563. The first kappa shape index (κ1) is 16.5. The molecule has 134 valence electrons. The van der Waals surface area contributed by atoms with Gasteiger partial charge >= 0.3 is 0 Å². The Morgan fingerprint density at radius 2 is 1.78 bits per heavy atom. The Balaban J connectivity index is 1.84. The molecule has 1 amide bonds. The number of amides is 1. The van der Waals surface area contributed by atoms with Gasteiger partial charge < -0.3 is 0 Å².